The molecule has 0 heterocycles. The van der Waals surface area contributed by atoms with E-state index in [1.54, 1.807) is 5.57 Å². The van der Waals surface area contributed by atoms with Gasteiger partial charge in [-0.15, -0.1) is 0 Å². The predicted molar refractivity (Wildman–Crippen MR) is 134 cm³/mol. The highest BCUT2D eigenvalue weighted by molar-refractivity contribution is 5.71. The molecule has 0 heteroatoms. The monoisotopic (exact) mass is 402 g/mol. The number of hydrogen-bond acceptors (Lipinski definition) is 0. The molecule has 0 bridgehead atoms. The summed E-state index contributed by atoms with van der Waals surface area (Å²) >= 11 is 0. The Labute approximate surface area is 185 Å². The number of hydrogen-bond donors (Lipinski definition) is 0. The smallest absolute Gasteiger partial charge is 0.0184 e. The average molecular weight is 403 g/mol. The molecule has 0 aromatic heterocycles. The minimum absolute atomic E-state index is 0.919. The Morgan fingerprint density at radius 3 is 1.90 bits per heavy atom. The second kappa shape index (κ2) is 12.8. The van der Waals surface area contributed by atoms with E-state index in [1.807, 2.05) is 0 Å². The lowest BCUT2D eigenvalue weighted by Gasteiger charge is -2.22. The van der Waals surface area contributed by atoms with Crippen LogP contribution in [0.2, 0.25) is 0 Å². The number of aryl methyl sites for hydroxylation is 1. The van der Waals surface area contributed by atoms with Gasteiger partial charge in [-0.3, -0.25) is 0 Å². The van der Waals surface area contributed by atoms with Crippen molar-refractivity contribution in [3.8, 4) is 11.1 Å². The molecule has 0 amide bonds. The molecule has 30 heavy (non-hydrogen) atoms. The van der Waals surface area contributed by atoms with Gasteiger partial charge in [-0.05, 0) is 65.8 Å². The van der Waals surface area contributed by atoms with Crippen LogP contribution in [0.1, 0.15) is 102 Å². The van der Waals surface area contributed by atoms with Crippen LogP contribution in [0.25, 0.3) is 16.7 Å². The molecule has 1 atom stereocenters. The maximum atomic E-state index is 2.51. The second-order valence-electron chi connectivity index (χ2n) is 9.30. The number of unbranched alkanes of at least 4 members (excludes halogenated alkanes) is 6. The van der Waals surface area contributed by atoms with Crippen LogP contribution in [0.5, 0.6) is 0 Å². The average Bonchev–Trinajstić information content (AvgIpc) is 2.81. The second-order valence-corrected chi connectivity index (χ2v) is 9.30. The van der Waals surface area contributed by atoms with Gasteiger partial charge in [-0.2, -0.15) is 0 Å². The summed E-state index contributed by atoms with van der Waals surface area (Å²) < 4.78 is 0. The lowest BCUT2D eigenvalue weighted by molar-refractivity contribution is 0.434. The van der Waals surface area contributed by atoms with Gasteiger partial charge in [0.25, 0.3) is 0 Å². The SMILES string of the molecule is CCCCCCCCc1ccc(-c2ccc(C3=CCC(CCCC)CC3)cc2)cc1. The topological polar surface area (TPSA) is 0 Å². The van der Waals surface area contributed by atoms with E-state index in [4.69, 9.17) is 0 Å². The number of benzene rings is 2. The standard InChI is InChI=1S/C30H42/c1-3-5-7-8-9-10-12-26-15-19-28(20-16-26)30-23-21-29(22-24-30)27-17-13-25(14-18-27)11-6-4-2/h15-17,19-25H,3-14,18H2,1-2H3. The van der Waals surface area contributed by atoms with E-state index in [1.165, 1.54) is 106 Å². The molecule has 1 aliphatic carbocycles. The van der Waals surface area contributed by atoms with E-state index in [0.29, 0.717) is 0 Å². The Hall–Kier alpha value is -1.82. The van der Waals surface area contributed by atoms with E-state index < -0.39 is 0 Å². The first-order chi connectivity index (χ1) is 14.8. The van der Waals surface area contributed by atoms with Crippen LogP contribution in [-0.2, 0) is 6.42 Å². The van der Waals surface area contributed by atoms with Crippen LogP contribution in [-0.4, -0.2) is 0 Å². The molecule has 0 aliphatic heterocycles. The normalized spacial score (nSPS) is 16.5. The van der Waals surface area contributed by atoms with E-state index in [2.05, 4.69) is 68.5 Å². The molecule has 0 spiro atoms. The summed E-state index contributed by atoms with van der Waals surface area (Å²) in [4.78, 5) is 0. The molecule has 1 unspecified atom stereocenters. The summed E-state index contributed by atoms with van der Waals surface area (Å²) in [6, 6.07) is 18.5. The minimum atomic E-state index is 0.919. The zero-order chi connectivity index (χ0) is 21.0. The first-order valence-corrected chi connectivity index (χ1v) is 12.7. The Bertz CT molecular complexity index is 748. The van der Waals surface area contributed by atoms with Crippen LogP contribution in [0.3, 0.4) is 0 Å². The van der Waals surface area contributed by atoms with Crippen molar-refractivity contribution in [1.29, 1.82) is 0 Å². The van der Waals surface area contributed by atoms with Gasteiger partial charge in [0.1, 0.15) is 0 Å². The third kappa shape index (κ3) is 7.15. The van der Waals surface area contributed by atoms with Crippen molar-refractivity contribution in [2.75, 3.05) is 0 Å². The lowest BCUT2D eigenvalue weighted by Crippen LogP contribution is -2.05. The zero-order valence-electron chi connectivity index (χ0n) is 19.5. The first-order valence-electron chi connectivity index (χ1n) is 12.7. The van der Waals surface area contributed by atoms with Crippen molar-refractivity contribution in [3.63, 3.8) is 0 Å². The van der Waals surface area contributed by atoms with Crippen LogP contribution >= 0.6 is 0 Å². The van der Waals surface area contributed by atoms with Gasteiger partial charge in [-0.1, -0.05) is 120 Å². The van der Waals surface area contributed by atoms with E-state index >= 15 is 0 Å². The molecule has 0 N–H and O–H groups in total. The van der Waals surface area contributed by atoms with Gasteiger partial charge in [0, 0.05) is 0 Å². The zero-order valence-corrected chi connectivity index (χ0v) is 19.5. The summed E-state index contributed by atoms with van der Waals surface area (Å²) in [6.07, 6.45) is 20.0. The molecule has 162 valence electrons. The van der Waals surface area contributed by atoms with Crippen molar-refractivity contribution in [2.45, 2.75) is 97.3 Å². The first kappa shape index (κ1) is 22.9. The van der Waals surface area contributed by atoms with E-state index in [-0.39, 0.29) is 0 Å². The Kier molecular flexibility index (Phi) is 9.74. The summed E-state index contributed by atoms with van der Waals surface area (Å²) in [5.74, 6) is 0.919. The van der Waals surface area contributed by atoms with Gasteiger partial charge in [-0.25, -0.2) is 0 Å². The summed E-state index contributed by atoms with van der Waals surface area (Å²) in [5.41, 5.74) is 7.14. The molecule has 2 aromatic carbocycles. The molecule has 0 fully saturated rings. The van der Waals surface area contributed by atoms with E-state index in [0.717, 1.165) is 5.92 Å². The van der Waals surface area contributed by atoms with Gasteiger partial charge in [0.05, 0.1) is 0 Å². The van der Waals surface area contributed by atoms with Crippen molar-refractivity contribution >= 4 is 5.57 Å². The van der Waals surface area contributed by atoms with Gasteiger partial charge < -0.3 is 0 Å². The summed E-state index contributed by atoms with van der Waals surface area (Å²) in [7, 11) is 0. The Morgan fingerprint density at radius 2 is 1.27 bits per heavy atom. The fourth-order valence-corrected chi connectivity index (χ4v) is 4.76. The highest BCUT2D eigenvalue weighted by Crippen LogP contribution is 2.33. The molecule has 0 saturated carbocycles. The molecule has 3 rings (SSSR count). The number of rotatable bonds is 12. The van der Waals surface area contributed by atoms with Crippen LogP contribution in [0.4, 0.5) is 0 Å². The van der Waals surface area contributed by atoms with Crippen LogP contribution in [0, 0.1) is 5.92 Å². The van der Waals surface area contributed by atoms with Crippen molar-refractivity contribution < 1.29 is 0 Å². The minimum Gasteiger partial charge on any atom is -0.0804 e. The fourth-order valence-electron chi connectivity index (χ4n) is 4.76. The highest BCUT2D eigenvalue weighted by Gasteiger charge is 2.15. The Balaban J connectivity index is 1.49. The van der Waals surface area contributed by atoms with Gasteiger partial charge in [0.2, 0.25) is 0 Å². The predicted octanol–water partition coefficient (Wildman–Crippen LogP) is 9.63. The molecular formula is C30H42. The molecule has 1 aliphatic rings. The highest BCUT2D eigenvalue weighted by atomic mass is 14.2. The largest absolute Gasteiger partial charge is 0.0804 e. The lowest BCUT2D eigenvalue weighted by atomic mass is 9.84. The maximum Gasteiger partial charge on any atom is -0.0184 e. The fraction of sp³-hybridized carbons (Fsp3) is 0.533. The quantitative estimate of drug-likeness (QED) is 0.310. The van der Waals surface area contributed by atoms with Crippen molar-refractivity contribution in [2.24, 2.45) is 5.92 Å². The molecule has 0 radical (unpaired) electrons. The van der Waals surface area contributed by atoms with Gasteiger partial charge in [0.15, 0.2) is 0 Å². The maximum absolute atomic E-state index is 2.51. The summed E-state index contributed by atoms with van der Waals surface area (Å²) in [6.45, 7) is 4.58. The van der Waals surface area contributed by atoms with Crippen LogP contribution in [0.15, 0.2) is 54.6 Å². The molecule has 0 saturated heterocycles. The third-order valence-electron chi connectivity index (χ3n) is 6.85. The third-order valence-corrected chi connectivity index (χ3v) is 6.85. The molecular weight excluding hydrogens is 360 g/mol. The molecule has 2 aromatic rings. The van der Waals surface area contributed by atoms with Crippen molar-refractivity contribution in [1.82, 2.24) is 0 Å². The number of allylic oxidation sites excluding steroid dienone is 2. The van der Waals surface area contributed by atoms with Crippen molar-refractivity contribution in [3.05, 3.63) is 65.7 Å². The molecule has 0 nitrogen and oxygen atoms in total. The summed E-state index contributed by atoms with van der Waals surface area (Å²) in [5, 5.41) is 0. The van der Waals surface area contributed by atoms with Gasteiger partial charge >= 0.3 is 0 Å². The Morgan fingerprint density at radius 1 is 0.667 bits per heavy atom. The van der Waals surface area contributed by atoms with Crippen LogP contribution < -0.4 is 0 Å². The van der Waals surface area contributed by atoms with E-state index in [9.17, 15) is 0 Å².